The van der Waals surface area contributed by atoms with Crippen molar-refractivity contribution in [2.75, 3.05) is 5.32 Å². The van der Waals surface area contributed by atoms with Crippen molar-refractivity contribution in [3.63, 3.8) is 0 Å². The summed E-state index contributed by atoms with van der Waals surface area (Å²) in [5.74, 6) is 0.443. The van der Waals surface area contributed by atoms with Crippen LogP contribution in [0.2, 0.25) is 0 Å². The fourth-order valence-electron chi connectivity index (χ4n) is 1.74. The van der Waals surface area contributed by atoms with E-state index in [-0.39, 0.29) is 12.6 Å². The quantitative estimate of drug-likeness (QED) is 0.873. The van der Waals surface area contributed by atoms with E-state index >= 15 is 0 Å². The first-order valence-corrected chi connectivity index (χ1v) is 6.27. The number of thiophene rings is 1. The van der Waals surface area contributed by atoms with Crippen molar-refractivity contribution in [3.8, 4) is 0 Å². The molecular formula is C11H16N4OS. The molecule has 0 saturated heterocycles. The predicted molar refractivity (Wildman–Crippen MR) is 68.0 cm³/mol. The van der Waals surface area contributed by atoms with Crippen LogP contribution in [0.5, 0.6) is 0 Å². The summed E-state index contributed by atoms with van der Waals surface area (Å²) in [5.41, 5.74) is 6.67. The highest BCUT2D eigenvalue weighted by Gasteiger charge is 2.13. The highest BCUT2D eigenvalue weighted by molar-refractivity contribution is 7.12. The van der Waals surface area contributed by atoms with Crippen molar-refractivity contribution in [2.45, 2.75) is 33.4 Å². The Hall–Kier alpha value is -1.40. The van der Waals surface area contributed by atoms with Crippen LogP contribution in [0.25, 0.3) is 0 Å². The van der Waals surface area contributed by atoms with Crippen LogP contribution in [-0.4, -0.2) is 10.2 Å². The lowest BCUT2D eigenvalue weighted by Gasteiger charge is -2.11. The molecule has 0 fully saturated rings. The maximum Gasteiger partial charge on any atom is 0.315 e. The summed E-state index contributed by atoms with van der Waals surface area (Å²) in [4.78, 5) is 2.61. The first kappa shape index (κ1) is 12.1. The molecule has 0 aliphatic carbocycles. The standard InChI is InChI=1S/C11H16N4OS/c1-6-4-9(8(3)17-6)7(2)13-11-15-14-10(5-12)16-11/h4,7H,5,12H2,1-3H3,(H,13,15). The lowest BCUT2D eigenvalue weighted by Crippen LogP contribution is -2.06. The van der Waals surface area contributed by atoms with Gasteiger partial charge in [-0.3, -0.25) is 0 Å². The highest BCUT2D eigenvalue weighted by atomic mass is 32.1. The van der Waals surface area contributed by atoms with Gasteiger partial charge < -0.3 is 15.5 Å². The molecule has 5 nitrogen and oxygen atoms in total. The van der Waals surface area contributed by atoms with Gasteiger partial charge in [-0.1, -0.05) is 5.10 Å². The maximum absolute atomic E-state index is 5.41. The zero-order valence-electron chi connectivity index (χ0n) is 10.2. The van der Waals surface area contributed by atoms with E-state index in [0.29, 0.717) is 11.9 Å². The number of hydrogen-bond acceptors (Lipinski definition) is 6. The zero-order valence-corrected chi connectivity index (χ0v) is 11.0. The van der Waals surface area contributed by atoms with Crippen LogP contribution in [0.4, 0.5) is 6.01 Å². The minimum absolute atomic E-state index is 0.144. The van der Waals surface area contributed by atoms with Crippen molar-refractivity contribution < 1.29 is 4.42 Å². The Morgan fingerprint density at radius 3 is 2.76 bits per heavy atom. The molecule has 2 aromatic rings. The van der Waals surface area contributed by atoms with Gasteiger partial charge in [0.05, 0.1) is 12.6 Å². The molecule has 0 aliphatic heterocycles. The molecule has 0 amide bonds. The summed E-state index contributed by atoms with van der Waals surface area (Å²) in [7, 11) is 0. The van der Waals surface area contributed by atoms with Crippen LogP contribution < -0.4 is 11.1 Å². The van der Waals surface area contributed by atoms with Crippen molar-refractivity contribution in [1.29, 1.82) is 0 Å². The van der Waals surface area contributed by atoms with Crippen LogP contribution in [0, 0.1) is 13.8 Å². The Bertz CT molecular complexity index is 505. The largest absolute Gasteiger partial charge is 0.407 e. The van der Waals surface area contributed by atoms with Gasteiger partial charge in [-0.15, -0.1) is 16.4 Å². The molecule has 0 bridgehead atoms. The second kappa shape index (κ2) is 4.85. The maximum atomic E-state index is 5.41. The van der Waals surface area contributed by atoms with E-state index in [1.54, 1.807) is 11.3 Å². The van der Waals surface area contributed by atoms with Gasteiger partial charge >= 0.3 is 6.01 Å². The van der Waals surface area contributed by atoms with Gasteiger partial charge in [-0.25, -0.2) is 0 Å². The van der Waals surface area contributed by atoms with Gasteiger partial charge in [-0.2, -0.15) is 0 Å². The normalized spacial score (nSPS) is 12.7. The number of rotatable bonds is 4. The summed E-state index contributed by atoms with van der Waals surface area (Å²) < 4.78 is 5.32. The number of nitrogens with one attached hydrogen (secondary N) is 1. The molecule has 3 N–H and O–H groups in total. The third kappa shape index (κ3) is 2.65. The number of aromatic nitrogens is 2. The highest BCUT2D eigenvalue weighted by Crippen LogP contribution is 2.28. The van der Waals surface area contributed by atoms with Crippen molar-refractivity contribution in [1.82, 2.24) is 10.2 Å². The second-order valence-electron chi connectivity index (χ2n) is 3.94. The Morgan fingerprint density at radius 2 is 2.24 bits per heavy atom. The summed E-state index contributed by atoms with van der Waals surface area (Å²) in [6.07, 6.45) is 0. The third-order valence-corrected chi connectivity index (χ3v) is 3.51. The summed E-state index contributed by atoms with van der Waals surface area (Å²) in [5, 5.41) is 10.9. The molecule has 6 heteroatoms. The van der Waals surface area contributed by atoms with E-state index in [2.05, 4.69) is 42.4 Å². The Morgan fingerprint density at radius 1 is 1.47 bits per heavy atom. The van der Waals surface area contributed by atoms with E-state index in [1.165, 1.54) is 15.3 Å². The van der Waals surface area contributed by atoms with E-state index in [4.69, 9.17) is 10.2 Å². The Balaban J connectivity index is 2.11. The van der Waals surface area contributed by atoms with E-state index < -0.39 is 0 Å². The molecule has 0 radical (unpaired) electrons. The minimum atomic E-state index is 0.144. The number of nitrogens with two attached hydrogens (primary N) is 1. The number of aryl methyl sites for hydroxylation is 2. The molecule has 2 aromatic heterocycles. The molecule has 0 saturated carbocycles. The number of hydrogen-bond donors (Lipinski definition) is 2. The number of anilines is 1. The molecular weight excluding hydrogens is 236 g/mol. The summed E-state index contributed by atoms with van der Waals surface area (Å²) >= 11 is 1.79. The van der Waals surface area contributed by atoms with Gasteiger partial charge in [-0.05, 0) is 32.4 Å². The van der Waals surface area contributed by atoms with Gasteiger partial charge in [0.25, 0.3) is 0 Å². The third-order valence-electron chi connectivity index (χ3n) is 2.53. The second-order valence-corrected chi connectivity index (χ2v) is 5.40. The van der Waals surface area contributed by atoms with Crippen LogP contribution in [-0.2, 0) is 6.54 Å². The summed E-state index contributed by atoms with van der Waals surface area (Å²) in [6.45, 7) is 6.55. The topological polar surface area (TPSA) is 77.0 Å². The lowest BCUT2D eigenvalue weighted by molar-refractivity contribution is 0.503. The average molecular weight is 252 g/mol. The fourth-order valence-corrected chi connectivity index (χ4v) is 2.76. The van der Waals surface area contributed by atoms with Gasteiger partial charge in [0.1, 0.15) is 0 Å². The van der Waals surface area contributed by atoms with E-state index in [0.717, 1.165) is 0 Å². The molecule has 0 aromatic carbocycles. The van der Waals surface area contributed by atoms with Crippen LogP contribution in [0.3, 0.4) is 0 Å². The minimum Gasteiger partial charge on any atom is -0.407 e. The molecule has 1 atom stereocenters. The lowest BCUT2D eigenvalue weighted by atomic mass is 10.1. The van der Waals surface area contributed by atoms with Crippen molar-refractivity contribution in [2.24, 2.45) is 5.73 Å². The van der Waals surface area contributed by atoms with Gasteiger partial charge in [0.15, 0.2) is 0 Å². The van der Waals surface area contributed by atoms with Crippen LogP contribution in [0.15, 0.2) is 10.5 Å². The molecule has 2 rings (SSSR count). The van der Waals surface area contributed by atoms with E-state index in [9.17, 15) is 0 Å². The number of nitrogens with zero attached hydrogens (tertiary/aromatic N) is 2. The molecule has 92 valence electrons. The molecule has 0 aliphatic rings. The van der Waals surface area contributed by atoms with Crippen molar-refractivity contribution in [3.05, 3.63) is 27.3 Å². The van der Waals surface area contributed by atoms with Crippen molar-refractivity contribution >= 4 is 17.4 Å². The molecule has 0 spiro atoms. The zero-order chi connectivity index (χ0) is 12.4. The van der Waals surface area contributed by atoms with E-state index in [1.807, 2.05) is 0 Å². The average Bonchev–Trinajstić information content (AvgIpc) is 2.85. The molecule has 17 heavy (non-hydrogen) atoms. The first-order chi connectivity index (χ1) is 8.10. The smallest absolute Gasteiger partial charge is 0.315 e. The molecule has 2 heterocycles. The predicted octanol–water partition coefficient (Wildman–Crippen LogP) is 2.38. The Labute approximate surface area is 104 Å². The van der Waals surface area contributed by atoms with Gasteiger partial charge in [0.2, 0.25) is 5.89 Å². The first-order valence-electron chi connectivity index (χ1n) is 5.46. The SMILES string of the molecule is Cc1cc(C(C)Nc2nnc(CN)o2)c(C)s1. The Kier molecular flexibility index (Phi) is 3.44. The van der Waals surface area contributed by atoms with Crippen LogP contribution in [0.1, 0.15) is 34.2 Å². The van der Waals surface area contributed by atoms with Crippen LogP contribution >= 0.6 is 11.3 Å². The van der Waals surface area contributed by atoms with Gasteiger partial charge in [0, 0.05) is 9.75 Å². The summed E-state index contributed by atoms with van der Waals surface area (Å²) in [6, 6.07) is 2.74. The molecule has 1 unspecified atom stereocenters. The fraction of sp³-hybridized carbons (Fsp3) is 0.455. The monoisotopic (exact) mass is 252 g/mol.